The normalized spacial score (nSPS) is 11.5. The van der Waals surface area contributed by atoms with Gasteiger partial charge in [-0.3, -0.25) is 0 Å². The van der Waals surface area contributed by atoms with E-state index in [0.29, 0.717) is 13.2 Å². The van der Waals surface area contributed by atoms with E-state index in [4.69, 9.17) is 16.3 Å². The molecule has 0 saturated carbocycles. The van der Waals surface area contributed by atoms with Crippen molar-refractivity contribution >= 4 is 27.5 Å². The van der Waals surface area contributed by atoms with Gasteiger partial charge in [0.1, 0.15) is 12.4 Å². The highest BCUT2D eigenvalue weighted by molar-refractivity contribution is 9.10. The first-order valence-electron chi connectivity index (χ1n) is 7.41. The molecule has 0 unspecified atom stereocenters. The Labute approximate surface area is 150 Å². The molecule has 2 rings (SSSR count). The molecule has 2 aromatic carbocycles. The minimum absolute atomic E-state index is 0.0937. The van der Waals surface area contributed by atoms with Crippen molar-refractivity contribution in [1.29, 1.82) is 0 Å². The van der Waals surface area contributed by atoms with Crippen LogP contribution in [0.3, 0.4) is 0 Å². The van der Waals surface area contributed by atoms with E-state index < -0.39 is 0 Å². The highest BCUT2D eigenvalue weighted by Crippen LogP contribution is 2.27. The second-order valence-corrected chi connectivity index (χ2v) is 7.37. The van der Waals surface area contributed by atoms with Crippen LogP contribution in [0.5, 0.6) is 5.75 Å². The molecule has 0 aromatic heterocycles. The maximum absolute atomic E-state index is 9.27. The van der Waals surface area contributed by atoms with Crippen LogP contribution < -0.4 is 10.1 Å². The summed E-state index contributed by atoms with van der Waals surface area (Å²) in [5.41, 5.74) is 1.89. The third-order valence-corrected chi connectivity index (χ3v) is 4.34. The molecule has 124 valence electrons. The molecule has 5 heteroatoms. The van der Waals surface area contributed by atoms with Gasteiger partial charge in [-0.05, 0) is 65.2 Å². The predicted octanol–water partition coefficient (Wildman–Crippen LogP) is 4.54. The molecule has 3 nitrogen and oxygen atoms in total. The van der Waals surface area contributed by atoms with Crippen molar-refractivity contribution in [2.45, 2.75) is 32.5 Å². The summed E-state index contributed by atoms with van der Waals surface area (Å²) in [5.74, 6) is 0.796. The molecule has 0 bridgehead atoms. The largest absolute Gasteiger partial charge is 0.488 e. The second kappa shape index (κ2) is 8.15. The van der Waals surface area contributed by atoms with Gasteiger partial charge >= 0.3 is 0 Å². The summed E-state index contributed by atoms with van der Waals surface area (Å²) in [6, 6.07) is 13.6. The minimum atomic E-state index is -0.295. The fraction of sp³-hybridized carbons (Fsp3) is 0.333. The van der Waals surface area contributed by atoms with Crippen LogP contribution in [-0.2, 0) is 13.2 Å². The quantitative estimate of drug-likeness (QED) is 0.719. The Bertz CT molecular complexity index is 644. The molecular weight excluding hydrogens is 378 g/mol. The molecule has 2 N–H and O–H groups in total. The number of nitrogens with one attached hydrogen (secondary N) is 1. The van der Waals surface area contributed by atoms with Crippen LogP contribution in [-0.4, -0.2) is 17.3 Å². The summed E-state index contributed by atoms with van der Waals surface area (Å²) in [6.07, 6.45) is 0. The molecule has 0 saturated heterocycles. The second-order valence-electron chi connectivity index (χ2n) is 6.08. The van der Waals surface area contributed by atoms with E-state index in [1.54, 1.807) is 0 Å². The van der Waals surface area contributed by atoms with Crippen molar-refractivity contribution < 1.29 is 9.84 Å². The molecule has 0 atom stereocenters. The maximum atomic E-state index is 9.27. The SMILES string of the molecule is CC(C)(CO)NCc1ccc(OCc2ccc(Cl)cc2)c(Br)c1. The minimum Gasteiger partial charge on any atom is -0.488 e. The zero-order valence-corrected chi connectivity index (χ0v) is 15.6. The van der Waals surface area contributed by atoms with Crippen LogP contribution in [0.4, 0.5) is 0 Å². The number of aliphatic hydroxyl groups is 1. The van der Waals surface area contributed by atoms with Gasteiger partial charge in [0.05, 0.1) is 11.1 Å². The van der Waals surface area contributed by atoms with Crippen LogP contribution in [0.15, 0.2) is 46.9 Å². The Morgan fingerprint density at radius 2 is 1.78 bits per heavy atom. The molecule has 0 aliphatic heterocycles. The van der Waals surface area contributed by atoms with Gasteiger partial charge < -0.3 is 15.2 Å². The average molecular weight is 399 g/mol. The van der Waals surface area contributed by atoms with Crippen LogP contribution in [0.1, 0.15) is 25.0 Å². The highest BCUT2D eigenvalue weighted by Gasteiger charge is 2.15. The standard InChI is InChI=1S/C18H21BrClNO2/c1-18(2,12-22)21-10-14-5-8-17(16(19)9-14)23-11-13-3-6-15(20)7-4-13/h3-9,21-22H,10-12H2,1-2H3. The topological polar surface area (TPSA) is 41.5 Å². The maximum Gasteiger partial charge on any atom is 0.134 e. The predicted molar refractivity (Wildman–Crippen MR) is 97.9 cm³/mol. The summed E-state index contributed by atoms with van der Waals surface area (Å²) in [6.45, 7) is 5.20. The molecule has 0 heterocycles. The molecule has 0 fully saturated rings. The molecule has 0 spiro atoms. The molecular formula is C18H21BrClNO2. The number of hydrogen-bond donors (Lipinski definition) is 2. The van der Waals surface area contributed by atoms with Gasteiger partial charge in [0.15, 0.2) is 0 Å². The summed E-state index contributed by atoms with van der Waals surface area (Å²) in [5, 5.41) is 13.3. The number of halogens is 2. The molecule has 2 aromatic rings. The van der Waals surface area contributed by atoms with E-state index in [-0.39, 0.29) is 12.1 Å². The van der Waals surface area contributed by atoms with Gasteiger partial charge in [0, 0.05) is 17.1 Å². The highest BCUT2D eigenvalue weighted by atomic mass is 79.9. The van der Waals surface area contributed by atoms with Gasteiger partial charge in [-0.25, -0.2) is 0 Å². The molecule has 0 aliphatic rings. The lowest BCUT2D eigenvalue weighted by atomic mass is 10.1. The smallest absolute Gasteiger partial charge is 0.134 e. The van der Waals surface area contributed by atoms with Crippen molar-refractivity contribution in [2.75, 3.05) is 6.61 Å². The first kappa shape index (κ1) is 18.3. The number of aliphatic hydroxyl groups excluding tert-OH is 1. The summed E-state index contributed by atoms with van der Waals surface area (Å²) in [7, 11) is 0. The monoisotopic (exact) mass is 397 g/mol. The Morgan fingerprint density at radius 3 is 2.39 bits per heavy atom. The zero-order valence-electron chi connectivity index (χ0n) is 13.3. The van der Waals surface area contributed by atoms with Crippen molar-refractivity contribution in [2.24, 2.45) is 0 Å². The van der Waals surface area contributed by atoms with Crippen LogP contribution in [0, 0.1) is 0 Å². The molecule has 0 amide bonds. The number of benzene rings is 2. The van der Waals surface area contributed by atoms with Crippen molar-refractivity contribution in [1.82, 2.24) is 5.32 Å². The Morgan fingerprint density at radius 1 is 1.13 bits per heavy atom. The lowest BCUT2D eigenvalue weighted by molar-refractivity contribution is 0.187. The number of hydrogen-bond acceptors (Lipinski definition) is 3. The Hall–Kier alpha value is -1.07. The first-order chi connectivity index (χ1) is 10.9. The van der Waals surface area contributed by atoms with Crippen molar-refractivity contribution in [3.05, 3.63) is 63.1 Å². The molecule has 23 heavy (non-hydrogen) atoms. The number of ether oxygens (including phenoxy) is 1. The lowest BCUT2D eigenvalue weighted by Gasteiger charge is -2.23. The van der Waals surface area contributed by atoms with E-state index in [1.807, 2.05) is 56.3 Å². The van der Waals surface area contributed by atoms with E-state index in [1.165, 1.54) is 0 Å². The zero-order chi connectivity index (χ0) is 16.9. The summed E-state index contributed by atoms with van der Waals surface area (Å²) >= 11 is 9.42. The number of rotatable bonds is 7. The van der Waals surface area contributed by atoms with Crippen LogP contribution in [0.2, 0.25) is 5.02 Å². The van der Waals surface area contributed by atoms with Crippen molar-refractivity contribution in [3.63, 3.8) is 0 Å². The average Bonchev–Trinajstić information content (AvgIpc) is 2.54. The van der Waals surface area contributed by atoms with E-state index >= 15 is 0 Å². The van der Waals surface area contributed by atoms with Crippen LogP contribution in [0.25, 0.3) is 0 Å². The molecule has 0 radical (unpaired) electrons. The van der Waals surface area contributed by atoms with E-state index in [0.717, 1.165) is 26.4 Å². The first-order valence-corrected chi connectivity index (χ1v) is 8.58. The lowest BCUT2D eigenvalue weighted by Crippen LogP contribution is -2.42. The van der Waals surface area contributed by atoms with Gasteiger partial charge in [-0.2, -0.15) is 0 Å². The van der Waals surface area contributed by atoms with Gasteiger partial charge in [-0.15, -0.1) is 0 Å². The van der Waals surface area contributed by atoms with Gasteiger partial charge in [0.2, 0.25) is 0 Å². The van der Waals surface area contributed by atoms with E-state index in [2.05, 4.69) is 21.2 Å². The molecule has 0 aliphatic carbocycles. The fourth-order valence-electron chi connectivity index (χ4n) is 1.91. The third kappa shape index (κ3) is 5.81. The fourth-order valence-corrected chi connectivity index (χ4v) is 2.58. The van der Waals surface area contributed by atoms with Crippen molar-refractivity contribution in [3.8, 4) is 5.75 Å². The third-order valence-electron chi connectivity index (χ3n) is 3.47. The van der Waals surface area contributed by atoms with Gasteiger partial charge in [-0.1, -0.05) is 29.8 Å². The Balaban J connectivity index is 1.95. The summed E-state index contributed by atoms with van der Waals surface area (Å²) in [4.78, 5) is 0. The van der Waals surface area contributed by atoms with Gasteiger partial charge in [0.25, 0.3) is 0 Å². The van der Waals surface area contributed by atoms with Crippen LogP contribution >= 0.6 is 27.5 Å². The Kier molecular flexibility index (Phi) is 6.48. The van der Waals surface area contributed by atoms with E-state index in [9.17, 15) is 5.11 Å². The summed E-state index contributed by atoms with van der Waals surface area (Å²) < 4.78 is 6.74.